The predicted octanol–water partition coefficient (Wildman–Crippen LogP) is 2.63. The molecule has 134 valence electrons. The molecule has 1 aliphatic rings. The van der Waals surface area contributed by atoms with E-state index < -0.39 is 6.03 Å². The van der Waals surface area contributed by atoms with Gasteiger partial charge >= 0.3 is 6.03 Å². The summed E-state index contributed by atoms with van der Waals surface area (Å²) in [5.74, 6) is 0.294. The van der Waals surface area contributed by atoms with Gasteiger partial charge in [0.05, 0.1) is 0 Å². The van der Waals surface area contributed by atoms with Gasteiger partial charge in [-0.1, -0.05) is 18.2 Å². The number of para-hydroxylation sites is 1. The zero-order valence-electron chi connectivity index (χ0n) is 14.7. The van der Waals surface area contributed by atoms with E-state index in [1.165, 1.54) is 22.2 Å². The molecule has 4 N–H and O–H groups in total. The summed E-state index contributed by atoms with van der Waals surface area (Å²) in [7, 11) is 0. The monoisotopic (exact) mass is 342 g/mol. The van der Waals surface area contributed by atoms with Crippen LogP contribution in [0.4, 0.5) is 4.79 Å². The third kappa shape index (κ3) is 4.20. The van der Waals surface area contributed by atoms with Crippen molar-refractivity contribution in [2.75, 3.05) is 19.6 Å². The smallest absolute Gasteiger partial charge is 0.318 e. The lowest BCUT2D eigenvalue weighted by atomic mass is 9.87. The van der Waals surface area contributed by atoms with Gasteiger partial charge in [0.15, 0.2) is 0 Å². The van der Waals surface area contributed by atoms with Crippen LogP contribution >= 0.6 is 0 Å². The Kier molecular flexibility index (Phi) is 5.38. The van der Waals surface area contributed by atoms with Crippen molar-refractivity contribution in [2.24, 2.45) is 5.73 Å². The number of amides is 3. The second kappa shape index (κ2) is 7.70. The number of primary amides is 1. The van der Waals surface area contributed by atoms with Crippen molar-refractivity contribution in [3.05, 3.63) is 35.5 Å². The summed E-state index contributed by atoms with van der Waals surface area (Å²) in [6.45, 7) is 5.13. The lowest BCUT2D eigenvalue weighted by molar-refractivity contribution is -0.120. The molecule has 1 saturated heterocycles. The molecular weight excluding hydrogens is 316 g/mol. The number of aromatic nitrogens is 1. The first-order valence-electron chi connectivity index (χ1n) is 8.93. The molecular formula is C19H26N4O2. The number of nitrogens with one attached hydrogen (secondary N) is 2. The number of nitrogens with zero attached hydrogens (tertiary/aromatic N) is 1. The third-order valence-corrected chi connectivity index (χ3v) is 5.08. The molecule has 6 nitrogen and oxygen atoms in total. The minimum absolute atomic E-state index is 0.295. The lowest BCUT2D eigenvalue weighted by Crippen LogP contribution is -2.36. The fourth-order valence-corrected chi connectivity index (χ4v) is 3.93. The number of nitrogens with two attached hydrogens (primary N) is 1. The van der Waals surface area contributed by atoms with Crippen molar-refractivity contribution >= 4 is 22.8 Å². The van der Waals surface area contributed by atoms with Crippen molar-refractivity contribution in [3.8, 4) is 0 Å². The van der Waals surface area contributed by atoms with E-state index in [0.29, 0.717) is 12.3 Å². The molecule has 1 aliphatic heterocycles. The van der Waals surface area contributed by atoms with Crippen molar-refractivity contribution in [1.82, 2.24) is 15.2 Å². The van der Waals surface area contributed by atoms with Crippen molar-refractivity contribution in [2.45, 2.75) is 38.5 Å². The normalized spacial score (nSPS) is 16.2. The zero-order chi connectivity index (χ0) is 17.8. The van der Waals surface area contributed by atoms with Gasteiger partial charge in [0.1, 0.15) is 0 Å². The summed E-state index contributed by atoms with van der Waals surface area (Å²) in [6.07, 6.45) is 3.35. The van der Waals surface area contributed by atoms with Crippen molar-refractivity contribution in [1.29, 1.82) is 0 Å². The van der Waals surface area contributed by atoms with Crippen LogP contribution in [-0.4, -0.2) is 41.5 Å². The minimum Gasteiger partial charge on any atom is -0.358 e. The Hall–Kier alpha value is -2.34. The Morgan fingerprint density at radius 3 is 2.72 bits per heavy atom. The number of benzene rings is 1. The highest BCUT2D eigenvalue weighted by atomic mass is 16.2. The number of imide groups is 1. The van der Waals surface area contributed by atoms with Gasteiger partial charge in [-0.3, -0.25) is 10.1 Å². The molecule has 0 radical (unpaired) electrons. The SMILES string of the molecule is Cc1[nH]c2ccccc2c1C1CCN(CCCC(=O)NC(N)=O)CC1. The first-order chi connectivity index (χ1) is 12.0. The summed E-state index contributed by atoms with van der Waals surface area (Å²) >= 11 is 0. The standard InChI is InChI=1S/C19H26N4O2/c1-13-18(15-5-2-3-6-16(15)21-13)14-8-11-23(12-9-14)10-4-7-17(24)22-19(20)25/h2-3,5-6,14,21H,4,7-12H2,1H3,(H3,20,22,24,25). The summed E-state index contributed by atoms with van der Waals surface area (Å²) in [5.41, 5.74) is 8.91. The maximum absolute atomic E-state index is 11.4. The molecule has 6 heteroatoms. The highest BCUT2D eigenvalue weighted by Gasteiger charge is 2.24. The van der Waals surface area contributed by atoms with Crippen LogP contribution < -0.4 is 11.1 Å². The van der Waals surface area contributed by atoms with Crippen LogP contribution in [0.1, 0.15) is 42.9 Å². The Bertz CT molecular complexity index is 760. The fourth-order valence-electron chi connectivity index (χ4n) is 3.93. The van der Waals surface area contributed by atoms with E-state index in [4.69, 9.17) is 5.73 Å². The molecule has 2 aromatic rings. The second-order valence-corrected chi connectivity index (χ2v) is 6.84. The molecule has 0 unspecified atom stereocenters. The first kappa shape index (κ1) is 17.5. The van der Waals surface area contributed by atoms with Crippen molar-refractivity contribution in [3.63, 3.8) is 0 Å². The number of rotatable bonds is 5. The van der Waals surface area contributed by atoms with Crippen LogP contribution in [0.15, 0.2) is 24.3 Å². The molecule has 0 spiro atoms. The van der Waals surface area contributed by atoms with E-state index >= 15 is 0 Å². The lowest BCUT2D eigenvalue weighted by Gasteiger charge is -2.32. The number of hydrogen-bond donors (Lipinski definition) is 3. The number of carbonyl (C=O) groups is 2. The van der Waals surface area contributed by atoms with E-state index in [2.05, 4.69) is 46.4 Å². The summed E-state index contributed by atoms with van der Waals surface area (Å²) in [4.78, 5) is 28.0. The average Bonchev–Trinajstić information content (AvgIpc) is 2.90. The molecule has 1 aromatic heterocycles. The highest BCUT2D eigenvalue weighted by molar-refractivity contribution is 5.93. The maximum atomic E-state index is 11.4. The van der Waals surface area contributed by atoms with Crippen LogP contribution in [0, 0.1) is 6.92 Å². The molecule has 0 saturated carbocycles. The van der Waals surface area contributed by atoms with Gasteiger partial charge in [-0.05, 0) is 63.4 Å². The first-order valence-corrected chi connectivity index (χ1v) is 8.93. The Labute approximate surface area is 147 Å². The van der Waals surface area contributed by atoms with Crippen molar-refractivity contribution < 1.29 is 9.59 Å². The topological polar surface area (TPSA) is 91.2 Å². The largest absolute Gasteiger partial charge is 0.358 e. The number of carbonyl (C=O) groups excluding carboxylic acids is 2. The van der Waals surface area contributed by atoms with Gasteiger partial charge in [0.25, 0.3) is 0 Å². The number of hydrogen-bond acceptors (Lipinski definition) is 3. The number of aryl methyl sites for hydroxylation is 1. The third-order valence-electron chi connectivity index (χ3n) is 5.08. The van der Waals surface area contributed by atoms with Gasteiger partial charge in [-0.2, -0.15) is 0 Å². The van der Waals surface area contributed by atoms with Gasteiger partial charge in [-0.25, -0.2) is 4.79 Å². The molecule has 0 bridgehead atoms. The number of fused-ring (bicyclic) bond motifs is 1. The van der Waals surface area contributed by atoms with Crippen LogP contribution in [0.3, 0.4) is 0 Å². The van der Waals surface area contributed by atoms with Gasteiger partial charge in [-0.15, -0.1) is 0 Å². The van der Waals surface area contributed by atoms with E-state index in [0.717, 1.165) is 38.9 Å². The number of piperidine rings is 1. The maximum Gasteiger partial charge on any atom is 0.318 e. The predicted molar refractivity (Wildman–Crippen MR) is 98.4 cm³/mol. The van der Waals surface area contributed by atoms with E-state index in [9.17, 15) is 9.59 Å². The van der Waals surface area contributed by atoms with Crippen LogP contribution in [0.25, 0.3) is 10.9 Å². The van der Waals surface area contributed by atoms with E-state index in [-0.39, 0.29) is 5.91 Å². The average molecular weight is 342 g/mol. The number of likely N-dealkylation sites (tertiary alicyclic amines) is 1. The molecule has 3 rings (SSSR count). The van der Waals surface area contributed by atoms with E-state index in [1.807, 2.05) is 0 Å². The minimum atomic E-state index is -0.778. The molecule has 3 amide bonds. The molecule has 2 heterocycles. The van der Waals surface area contributed by atoms with Crippen LogP contribution in [0.2, 0.25) is 0 Å². The molecule has 0 atom stereocenters. The summed E-state index contributed by atoms with van der Waals surface area (Å²) < 4.78 is 0. The number of urea groups is 1. The van der Waals surface area contributed by atoms with Crippen LogP contribution in [-0.2, 0) is 4.79 Å². The van der Waals surface area contributed by atoms with Gasteiger partial charge < -0.3 is 15.6 Å². The Morgan fingerprint density at radius 1 is 1.28 bits per heavy atom. The summed E-state index contributed by atoms with van der Waals surface area (Å²) in [6, 6.07) is 7.74. The zero-order valence-corrected chi connectivity index (χ0v) is 14.7. The van der Waals surface area contributed by atoms with E-state index in [1.54, 1.807) is 0 Å². The molecule has 0 aliphatic carbocycles. The Balaban J connectivity index is 1.51. The highest BCUT2D eigenvalue weighted by Crippen LogP contribution is 2.35. The van der Waals surface area contributed by atoms with Gasteiger partial charge in [0.2, 0.25) is 5.91 Å². The van der Waals surface area contributed by atoms with Gasteiger partial charge in [0, 0.05) is 23.0 Å². The van der Waals surface area contributed by atoms with Crippen LogP contribution in [0.5, 0.6) is 0 Å². The number of aromatic amines is 1. The number of H-pyrrole nitrogens is 1. The molecule has 1 fully saturated rings. The molecule has 25 heavy (non-hydrogen) atoms. The fraction of sp³-hybridized carbons (Fsp3) is 0.474. The second-order valence-electron chi connectivity index (χ2n) is 6.84. The quantitative estimate of drug-likeness (QED) is 0.780. The summed E-state index contributed by atoms with van der Waals surface area (Å²) in [5, 5.41) is 3.46. The Morgan fingerprint density at radius 2 is 2.00 bits per heavy atom. The molecule has 1 aromatic carbocycles.